The number of carbonyl (C=O) groups excluding carboxylic acids is 2. The van der Waals surface area contributed by atoms with Crippen molar-refractivity contribution >= 4 is 11.9 Å². The molecule has 1 amide bonds. The van der Waals surface area contributed by atoms with E-state index in [2.05, 4.69) is 5.32 Å². The van der Waals surface area contributed by atoms with Gasteiger partial charge in [0.15, 0.2) is 0 Å². The molecule has 2 aromatic rings. The molecule has 0 saturated heterocycles. The van der Waals surface area contributed by atoms with E-state index in [1.54, 1.807) is 6.92 Å². The average molecular weight is 402 g/mol. The highest BCUT2D eigenvalue weighted by molar-refractivity contribution is 5.78. The molecule has 6 nitrogen and oxygen atoms in total. The highest BCUT2D eigenvalue weighted by Gasteiger charge is 2.19. The van der Waals surface area contributed by atoms with E-state index in [-0.39, 0.29) is 36.8 Å². The van der Waals surface area contributed by atoms with E-state index in [1.165, 1.54) is 31.4 Å². The SMILES string of the molecule is COC(=O)C(C)CN(CC(=O)NCCOc1ccc(F)cc1)Cc1ccccc1. The topological polar surface area (TPSA) is 67.9 Å². The quantitative estimate of drug-likeness (QED) is 0.462. The molecule has 29 heavy (non-hydrogen) atoms. The zero-order valence-electron chi connectivity index (χ0n) is 16.8. The largest absolute Gasteiger partial charge is 0.492 e. The lowest BCUT2D eigenvalue weighted by molar-refractivity contribution is -0.145. The zero-order valence-corrected chi connectivity index (χ0v) is 16.8. The van der Waals surface area contributed by atoms with Crippen molar-refractivity contribution in [2.24, 2.45) is 5.92 Å². The van der Waals surface area contributed by atoms with Crippen molar-refractivity contribution in [3.63, 3.8) is 0 Å². The summed E-state index contributed by atoms with van der Waals surface area (Å²) < 4.78 is 23.1. The molecule has 0 spiro atoms. The van der Waals surface area contributed by atoms with Gasteiger partial charge in [0.25, 0.3) is 0 Å². The first-order chi connectivity index (χ1) is 14.0. The summed E-state index contributed by atoms with van der Waals surface area (Å²) in [5, 5.41) is 2.80. The normalized spacial score (nSPS) is 11.7. The lowest BCUT2D eigenvalue weighted by Gasteiger charge is -2.24. The van der Waals surface area contributed by atoms with Crippen molar-refractivity contribution in [1.82, 2.24) is 10.2 Å². The molecule has 0 saturated carbocycles. The van der Waals surface area contributed by atoms with Gasteiger partial charge in [-0.2, -0.15) is 0 Å². The number of halogens is 1. The zero-order chi connectivity index (χ0) is 21.1. The maximum absolute atomic E-state index is 12.9. The van der Waals surface area contributed by atoms with Gasteiger partial charge in [-0.3, -0.25) is 14.5 Å². The number of carbonyl (C=O) groups is 2. The van der Waals surface area contributed by atoms with Crippen LogP contribution in [0.2, 0.25) is 0 Å². The molecule has 2 aromatic carbocycles. The van der Waals surface area contributed by atoms with E-state index < -0.39 is 0 Å². The second-order valence-corrected chi connectivity index (χ2v) is 6.73. The Hall–Kier alpha value is -2.93. The monoisotopic (exact) mass is 402 g/mol. The number of ether oxygens (including phenoxy) is 2. The first-order valence-corrected chi connectivity index (χ1v) is 9.47. The summed E-state index contributed by atoms with van der Waals surface area (Å²) in [6.07, 6.45) is 0. The third-order valence-corrected chi connectivity index (χ3v) is 4.26. The Morgan fingerprint density at radius 1 is 1.10 bits per heavy atom. The molecule has 1 N–H and O–H groups in total. The Bertz CT molecular complexity index is 768. The van der Waals surface area contributed by atoms with Gasteiger partial charge in [0, 0.05) is 13.1 Å². The molecule has 0 radical (unpaired) electrons. The van der Waals surface area contributed by atoms with Gasteiger partial charge >= 0.3 is 5.97 Å². The summed E-state index contributed by atoms with van der Waals surface area (Å²) in [7, 11) is 1.36. The molecular formula is C22H27FN2O4. The Balaban J connectivity index is 1.83. The number of nitrogens with one attached hydrogen (secondary N) is 1. The fourth-order valence-corrected chi connectivity index (χ4v) is 2.84. The number of hydrogen-bond acceptors (Lipinski definition) is 5. The molecule has 0 fully saturated rings. The smallest absolute Gasteiger partial charge is 0.309 e. The second kappa shape index (κ2) is 11.8. The third-order valence-electron chi connectivity index (χ3n) is 4.26. The second-order valence-electron chi connectivity index (χ2n) is 6.73. The molecule has 1 unspecified atom stereocenters. The van der Waals surface area contributed by atoms with Crippen LogP contribution in [0.4, 0.5) is 4.39 Å². The van der Waals surface area contributed by atoms with Crippen LogP contribution in [0.15, 0.2) is 54.6 Å². The van der Waals surface area contributed by atoms with E-state index in [1.807, 2.05) is 35.2 Å². The molecule has 0 aliphatic carbocycles. The lowest BCUT2D eigenvalue weighted by atomic mass is 10.1. The minimum atomic E-state index is -0.349. The van der Waals surface area contributed by atoms with Crippen molar-refractivity contribution in [1.29, 1.82) is 0 Å². The van der Waals surface area contributed by atoms with Crippen LogP contribution in [-0.2, 0) is 20.9 Å². The van der Waals surface area contributed by atoms with Gasteiger partial charge in [-0.1, -0.05) is 37.3 Å². The molecule has 0 aromatic heterocycles. The highest BCUT2D eigenvalue weighted by Crippen LogP contribution is 2.11. The van der Waals surface area contributed by atoms with Crippen molar-refractivity contribution < 1.29 is 23.5 Å². The Kier molecular flexibility index (Phi) is 9.11. The van der Waals surface area contributed by atoms with Crippen LogP contribution in [0.5, 0.6) is 5.75 Å². The summed E-state index contributed by atoms with van der Waals surface area (Å²) in [4.78, 5) is 26.0. The number of methoxy groups -OCH3 is 1. The van der Waals surface area contributed by atoms with Crippen molar-refractivity contribution in [3.05, 3.63) is 66.0 Å². The third kappa shape index (κ3) is 8.31. The Morgan fingerprint density at radius 2 is 1.79 bits per heavy atom. The van der Waals surface area contributed by atoms with Crippen LogP contribution >= 0.6 is 0 Å². The Labute approximate surface area is 170 Å². The Morgan fingerprint density at radius 3 is 2.45 bits per heavy atom. The van der Waals surface area contributed by atoms with Crippen LogP contribution in [-0.4, -0.2) is 50.1 Å². The summed E-state index contributed by atoms with van der Waals surface area (Å²) in [6.45, 7) is 3.46. The fraction of sp³-hybridized carbons (Fsp3) is 0.364. The maximum Gasteiger partial charge on any atom is 0.309 e. The first kappa shape index (κ1) is 22.4. The average Bonchev–Trinajstić information content (AvgIpc) is 2.72. The number of nitrogens with zero attached hydrogens (tertiary/aromatic N) is 1. The van der Waals surface area contributed by atoms with Crippen LogP contribution in [0.25, 0.3) is 0 Å². The molecule has 0 aliphatic heterocycles. The number of benzene rings is 2. The van der Waals surface area contributed by atoms with Gasteiger partial charge in [0.1, 0.15) is 18.2 Å². The fourth-order valence-electron chi connectivity index (χ4n) is 2.84. The maximum atomic E-state index is 12.9. The van der Waals surface area contributed by atoms with Gasteiger partial charge in [0.05, 0.1) is 26.1 Å². The summed E-state index contributed by atoms with van der Waals surface area (Å²) in [5.41, 5.74) is 1.05. The van der Waals surface area contributed by atoms with Crippen molar-refractivity contribution in [3.8, 4) is 5.75 Å². The first-order valence-electron chi connectivity index (χ1n) is 9.47. The van der Waals surface area contributed by atoms with Gasteiger partial charge in [-0.05, 0) is 29.8 Å². The minimum absolute atomic E-state index is 0.146. The minimum Gasteiger partial charge on any atom is -0.492 e. The van der Waals surface area contributed by atoms with Crippen LogP contribution in [0, 0.1) is 11.7 Å². The van der Waals surface area contributed by atoms with Gasteiger partial charge in [-0.15, -0.1) is 0 Å². The molecule has 7 heteroatoms. The van der Waals surface area contributed by atoms with Gasteiger partial charge in [-0.25, -0.2) is 4.39 Å². The number of rotatable bonds is 11. The molecule has 2 rings (SSSR count). The summed E-state index contributed by atoms with van der Waals surface area (Å²) in [6, 6.07) is 15.5. The van der Waals surface area contributed by atoms with Crippen molar-refractivity contribution in [2.45, 2.75) is 13.5 Å². The number of esters is 1. The van der Waals surface area contributed by atoms with Crippen LogP contribution in [0.1, 0.15) is 12.5 Å². The van der Waals surface area contributed by atoms with Crippen LogP contribution in [0.3, 0.4) is 0 Å². The standard InChI is InChI=1S/C22H27FN2O4/c1-17(22(27)28-2)14-25(15-18-6-4-3-5-7-18)16-21(26)24-12-13-29-20-10-8-19(23)9-11-20/h3-11,17H,12-16H2,1-2H3,(H,24,26). The van der Waals surface area contributed by atoms with E-state index in [0.717, 1.165) is 5.56 Å². The summed E-state index contributed by atoms with van der Waals surface area (Å²) in [5.74, 6) is -0.612. The predicted octanol–water partition coefficient (Wildman–Crippen LogP) is 2.63. The van der Waals surface area contributed by atoms with E-state index in [9.17, 15) is 14.0 Å². The van der Waals surface area contributed by atoms with Crippen LogP contribution < -0.4 is 10.1 Å². The van der Waals surface area contributed by atoms with Gasteiger partial charge in [0.2, 0.25) is 5.91 Å². The molecule has 0 bridgehead atoms. The molecule has 156 valence electrons. The molecule has 0 heterocycles. The molecular weight excluding hydrogens is 375 g/mol. The van der Waals surface area contributed by atoms with E-state index >= 15 is 0 Å². The lowest BCUT2D eigenvalue weighted by Crippen LogP contribution is -2.41. The van der Waals surface area contributed by atoms with E-state index in [0.29, 0.717) is 25.4 Å². The molecule has 1 atom stereocenters. The summed E-state index contributed by atoms with van der Waals surface area (Å²) >= 11 is 0. The van der Waals surface area contributed by atoms with Crippen molar-refractivity contribution in [2.75, 3.05) is 33.4 Å². The predicted molar refractivity (Wildman–Crippen MR) is 108 cm³/mol. The highest BCUT2D eigenvalue weighted by atomic mass is 19.1. The van der Waals surface area contributed by atoms with Gasteiger partial charge < -0.3 is 14.8 Å². The van der Waals surface area contributed by atoms with E-state index in [4.69, 9.17) is 9.47 Å². The molecule has 0 aliphatic rings. The number of hydrogen-bond donors (Lipinski definition) is 1. The number of amides is 1.